The lowest BCUT2D eigenvalue weighted by Crippen LogP contribution is -2.50. The van der Waals surface area contributed by atoms with Gasteiger partial charge in [0.25, 0.3) is 0 Å². The van der Waals surface area contributed by atoms with Gasteiger partial charge in [-0.1, -0.05) is 34.6 Å². The van der Waals surface area contributed by atoms with Crippen molar-refractivity contribution in [1.82, 2.24) is 9.55 Å². The van der Waals surface area contributed by atoms with Gasteiger partial charge in [-0.3, -0.25) is 14.2 Å². The molecule has 0 aromatic carbocycles. The number of aromatic nitrogens is 2. The molecule has 3 N–H and O–H groups in total. The molecule has 1 aliphatic rings. The SMILES string of the molecule is CC[C@]1(COC(=O)C(C)C)O[C@@H](n2cc(F)c(N)nc2=O)[C@@H](O)[C@@H]1OC(=O)C(C)C. The van der Waals surface area contributed by atoms with Crippen LogP contribution in [0.3, 0.4) is 0 Å². The molecule has 11 heteroatoms. The highest BCUT2D eigenvalue weighted by atomic mass is 19.1. The number of anilines is 1. The molecule has 0 saturated carbocycles. The summed E-state index contributed by atoms with van der Waals surface area (Å²) >= 11 is 0. The topological polar surface area (TPSA) is 143 Å². The van der Waals surface area contributed by atoms with E-state index in [0.29, 0.717) is 0 Å². The highest BCUT2D eigenvalue weighted by molar-refractivity contribution is 5.72. The Bertz CT molecular complexity index is 857. The molecule has 0 radical (unpaired) electrons. The molecule has 0 aliphatic carbocycles. The fourth-order valence-electron chi connectivity index (χ4n) is 3.00. The van der Waals surface area contributed by atoms with Crippen molar-refractivity contribution in [3.8, 4) is 0 Å². The number of nitrogen functional groups attached to an aromatic ring is 1. The Morgan fingerprint density at radius 1 is 1.33 bits per heavy atom. The van der Waals surface area contributed by atoms with Crippen LogP contribution in [0.25, 0.3) is 0 Å². The van der Waals surface area contributed by atoms with Gasteiger partial charge in [0.15, 0.2) is 24.0 Å². The minimum absolute atomic E-state index is 0.154. The molecule has 1 aliphatic heterocycles. The van der Waals surface area contributed by atoms with Gasteiger partial charge in [0.2, 0.25) is 0 Å². The Hall–Kier alpha value is -2.53. The van der Waals surface area contributed by atoms with Crippen molar-refractivity contribution >= 4 is 17.8 Å². The van der Waals surface area contributed by atoms with Crippen LogP contribution < -0.4 is 11.4 Å². The maximum absolute atomic E-state index is 13.9. The Morgan fingerprint density at radius 2 is 1.93 bits per heavy atom. The number of halogens is 1. The molecular formula is C19H28FN3O7. The largest absolute Gasteiger partial charge is 0.462 e. The van der Waals surface area contributed by atoms with E-state index in [0.717, 1.165) is 10.8 Å². The number of carbonyl (C=O) groups excluding carboxylic acids is 2. The van der Waals surface area contributed by atoms with E-state index in [1.54, 1.807) is 34.6 Å². The number of esters is 2. The van der Waals surface area contributed by atoms with Crippen molar-refractivity contribution in [2.24, 2.45) is 11.8 Å². The Balaban J connectivity index is 2.46. The molecule has 30 heavy (non-hydrogen) atoms. The number of nitrogens with two attached hydrogens (primary N) is 1. The zero-order valence-electron chi connectivity index (χ0n) is 17.6. The average molecular weight is 429 g/mol. The summed E-state index contributed by atoms with van der Waals surface area (Å²) in [5.74, 6) is -3.65. The molecule has 0 unspecified atom stereocenters. The molecule has 0 spiro atoms. The molecule has 1 aromatic heterocycles. The summed E-state index contributed by atoms with van der Waals surface area (Å²) in [6.45, 7) is 7.85. The van der Waals surface area contributed by atoms with E-state index in [9.17, 15) is 23.9 Å². The van der Waals surface area contributed by atoms with Crippen LogP contribution in [-0.4, -0.2) is 51.0 Å². The van der Waals surface area contributed by atoms with Crippen LogP contribution in [0.1, 0.15) is 47.3 Å². The number of carbonyl (C=O) groups is 2. The number of hydrogen-bond donors (Lipinski definition) is 2. The van der Waals surface area contributed by atoms with Crippen molar-refractivity contribution in [3.63, 3.8) is 0 Å². The Morgan fingerprint density at radius 3 is 2.47 bits per heavy atom. The first-order chi connectivity index (χ1) is 13.9. The molecule has 10 nitrogen and oxygen atoms in total. The van der Waals surface area contributed by atoms with Gasteiger partial charge in [0.1, 0.15) is 18.3 Å². The van der Waals surface area contributed by atoms with Crippen LogP contribution in [0, 0.1) is 17.7 Å². The molecule has 0 bridgehead atoms. The number of hydrogen-bond acceptors (Lipinski definition) is 9. The maximum Gasteiger partial charge on any atom is 0.351 e. The van der Waals surface area contributed by atoms with Gasteiger partial charge in [0.05, 0.1) is 18.0 Å². The Labute approximate surface area is 173 Å². The summed E-state index contributed by atoms with van der Waals surface area (Å²) in [6, 6.07) is 0. The first kappa shape index (κ1) is 23.7. The highest BCUT2D eigenvalue weighted by Gasteiger charge is 2.58. The number of ether oxygens (including phenoxy) is 3. The quantitative estimate of drug-likeness (QED) is 0.601. The second kappa shape index (κ2) is 9.09. The second-order valence-electron chi connectivity index (χ2n) is 7.86. The van der Waals surface area contributed by atoms with Crippen molar-refractivity contribution in [2.75, 3.05) is 12.3 Å². The van der Waals surface area contributed by atoms with Crippen LogP contribution in [-0.2, 0) is 23.8 Å². The van der Waals surface area contributed by atoms with Gasteiger partial charge in [-0.25, -0.2) is 9.18 Å². The molecular weight excluding hydrogens is 401 g/mol. The molecule has 168 valence electrons. The van der Waals surface area contributed by atoms with E-state index in [1.165, 1.54) is 0 Å². The Kier molecular flexibility index (Phi) is 7.19. The third-order valence-corrected chi connectivity index (χ3v) is 4.93. The molecule has 0 amide bonds. The first-order valence-corrected chi connectivity index (χ1v) is 9.70. The predicted molar refractivity (Wildman–Crippen MR) is 103 cm³/mol. The van der Waals surface area contributed by atoms with Crippen molar-refractivity contribution in [2.45, 2.75) is 65.1 Å². The lowest BCUT2D eigenvalue weighted by molar-refractivity contribution is -0.182. The highest BCUT2D eigenvalue weighted by Crippen LogP contribution is 2.41. The predicted octanol–water partition coefficient (Wildman–Crippen LogP) is 0.770. The van der Waals surface area contributed by atoms with E-state index >= 15 is 0 Å². The van der Waals surface area contributed by atoms with Crippen LogP contribution in [0.5, 0.6) is 0 Å². The molecule has 1 saturated heterocycles. The van der Waals surface area contributed by atoms with E-state index < -0.39 is 65.1 Å². The van der Waals surface area contributed by atoms with Gasteiger partial charge >= 0.3 is 17.6 Å². The fraction of sp³-hybridized carbons (Fsp3) is 0.684. The molecule has 2 rings (SSSR count). The summed E-state index contributed by atoms with van der Waals surface area (Å²) in [5.41, 5.74) is 2.89. The standard InChI is InChI=1S/C19H28FN3O7/c1-6-19(8-28-16(25)9(2)3)13(29-17(26)10(4)5)12(24)15(30-19)23-7-11(20)14(21)22-18(23)27/h7,9-10,12-13,15,24H,6,8H2,1-5H3,(H2,21,22,27)/t12-,13-,15+,19+/m0/s1. The molecule has 4 atom stereocenters. The monoisotopic (exact) mass is 429 g/mol. The van der Waals surface area contributed by atoms with Crippen LogP contribution >= 0.6 is 0 Å². The average Bonchev–Trinajstić information content (AvgIpc) is 2.95. The summed E-state index contributed by atoms with van der Waals surface area (Å²) < 4.78 is 31.3. The lowest BCUT2D eigenvalue weighted by Gasteiger charge is -2.33. The van der Waals surface area contributed by atoms with Gasteiger partial charge < -0.3 is 25.1 Å². The summed E-state index contributed by atoms with van der Waals surface area (Å²) in [5, 5.41) is 10.9. The summed E-state index contributed by atoms with van der Waals surface area (Å²) in [7, 11) is 0. The zero-order valence-corrected chi connectivity index (χ0v) is 17.6. The van der Waals surface area contributed by atoms with E-state index in [-0.39, 0.29) is 13.0 Å². The van der Waals surface area contributed by atoms with Gasteiger partial charge in [0, 0.05) is 0 Å². The number of nitrogens with zero attached hydrogens (tertiary/aromatic N) is 2. The van der Waals surface area contributed by atoms with Crippen molar-refractivity contribution in [3.05, 3.63) is 22.5 Å². The first-order valence-electron chi connectivity index (χ1n) is 9.70. The minimum atomic E-state index is -1.56. The smallest absolute Gasteiger partial charge is 0.351 e. The van der Waals surface area contributed by atoms with Gasteiger partial charge in [-0.2, -0.15) is 4.98 Å². The van der Waals surface area contributed by atoms with Crippen molar-refractivity contribution < 1.29 is 33.3 Å². The molecule has 2 heterocycles. The summed E-state index contributed by atoms with van der Waals surface area (Å²) in [6.07, 6.45) is -3.38. The normalized spacial score (nSPS) is 26.2. The number of rotatable bonds is 7. The van der Waals surface area contributed by atoms with Crippen LogP contribution in [0.2, 0.25) is 0 Å². The van der Waals surface area contributed by atoms with Crippen LogP contribution in [0.15, 0.2) is 11.0 Å². The molecule has 1 aromatic rings. The number of aliphatic hydroxyl groups excluding tert-OH is 1. The van der Waals surface area contributed by atoms with Crippen LogP contribution in [0.4, 0.5) is 10.2 Å². The third-order valence-electron chi connectivity index (χ3n) is 4.93. The minimum Gasteiger partial charge on any atom is -0.462 e. The molecule has 1 fully saturated rings. The van der Waals surface area contributed by atoms with E-state index in [1.807, 2.05) is 0 Å². The van der Waals surface area contributed by atoms with Gasteiger partial charge in [-0.15, -0.1) is 0 Å². The van der Waals surface area contributed by atoms with E-state index in [2.05, 4.69) is 4.98 Å². The second-order valence-corrected chi connectivity index (χ2v) is 7.86. The van der Waals surface area contributed by atoms with Crippen molar-refractivity contribution in [1.29, 1.82) is 0 Å². The summed E-state index contributed by atoms with van der Waals surface area (Å²) in [4.78, 5) is 39.8. The fourth-order valence-corrected chi connectivity index (χ4v) is 3.00. The lowest BCUT2D eigenvalue weighted by atomic mass is 9.92. The zero-order chi connectivity index (χ0) is 22.8. The van der Waals surface area contributed by atoms with E-state index in [4.69, 9.17) is 19.9 Å². The third kappa shape index (κ3) is 4.62. The van der Waals surface area contributed by atoms with Gasteiger partial charge in [-0.05, 0) is 6.42 Å². The maximum atomic E-state index is 13.9. The number of aliphatic hydroxyl groups is 1.